The van der Waals surface area contributed by atoms with E-state index in [4.69, 9.17) is 4.52 Å². The average Bonchev–Trinajstić information content (AvgIpc) is 3.06. The third-order valence-electron chi connectivity index (χ3n) is 3.72. The van der Waals surface area contributed by atoms with Gasteiger partial charge in [0.15, 0.2) is 0 Å². The molecule has 0 atom stereocenters. The summed E-state index contributed by atoms with van der Waals surface area (Å²) < 4.78 is 18.0. The number of aryl methyl sites for hydroxylation is 1. The first-order valence-electron chi connectivity index (χ1n) is 8.01. The minimum Gasteiger partial charge on any atom is -0.355 e. The zero-order valence-corrected chi connectivity index (χ0v) is 13.8. The van der Waals surface area contributed by atoms with Gasteiger partial charge in [0, 0.05) is 18.5 Å². The highest BCUT2D eigenvalue weighted by molar-refractivity contribution is 5.78. The van der Waals surface area contributed by atoms with Crippen molar-refractivity contribution in [2.24, 2.45) is 0 Å². The van der Waals surface area contributed by atoms with E-state index in [1.807, 2.05) is 31.2 Å². The zero-order valence-electron chi connectivity index (χ0n) is 13.8. The van der Waals surface area contributed by atoms with Gasteiger partial charge in [0.1, 0.15) is 5.82 Å². The van der Waals surface area contributed by atoms with Crippen LogP contribution in [0.15, 0.2) is 53.1 Å². The van der Waals surface area contributed by atoms with Gasteiger partial charge in [0.2, 0.25) is 17.6 Å². The summed E-state index contributed by atoms with van der Waals surface area (Å²) in [5.74, 6) is 0.556. The van der Waals surface area contributed by atoms with Crippen LogP contribution in [-0.2, 0) is 17.6 Å². The first kappa shape index (κ1) is 16.8. The highest BCUT2D eigenvalue weighted by Gasteiger charge is 2.09. The van der Waals surface area contributed by atoms with Crippen molar-refractivity contribution in [3.05, 3.63) is 71.4 Å². The molecule has 0 radical (unpaired) electrons. The third-order valence-corrected chi connectivity index (χ3v) is 3.72. The lowest BCUT2D eigenvalue weighted by atomic mass is 10.1. The zero-order chi connectivity index (χ0) is 17.6. The van der Waals surface area contributed by atoms with E-state index in [0.717, 1.165) is 16.7 Å². The number of nitrogens with zero attached hydrogens (tertiary/aromatic N) is 2. The van der Waals surface area contributed by atoms with Gasteiger partial charge in [0.05, 0.1) is 6.42 Å². The van der Waals surface area contributed by atoms with Crippen LogP contribution in [0.1, 0.15) is 17.0 Å². The van der Waals surface area contributed by atoms with E-state index >= 15 is 0 Å². The lowest BCUT2D eigenvalue weighted by molar-refractivity contribution is -0.120. The predicted molar refractivity (Wildman–Crippen MR) is 91.3 cm³/mol. The van der Waals surface area contributed by atoms with E-state index < -0.39 is 0 Å². The van der Waals surface area contributed by atoms with Gasteiger partial charge < -0.3 is 9.84 Å². The molecule has 0 saturated heterocycles. The standard InChI is InChI=1S/C19H18FN3O2/c1-13-2-6-15(7-3-13)19-22-18(25-23-19)10-11-21-17(24)12-14-4-8-16(20)9-5-14/h2-9H,10-12H2,1H3,(H,21,24). The molecular weight excluding hydrogens is 321 g/mol. The van der Waals surface area contributed by atoms with Gasteiger partial charge in [0.25, 0.3) is 0 Å². The highest BCUT2D eigenvalue weighted by Crippen LogP contribution is 2.16. The lowest BCUT2D eigenvalue weighted by Gasteiger charge is -2.03. The van der Waals surface area contributed by atoms with Gasteiger partial charge >= 0.3 is 0 Å². The number of carbonyl (C=O) groups is 1. The van der Waals surface area contributed by atoms with Crippen LogP contribution in [0.3, 0.4) is 0 Å². The Morgan fingerprint density at radius 3 is 2.56 bits per heavy atom. The van der Waals surface area contributed by atoms with Crippen molar-refractivity contribution >= 4 is 5.91 Å². The van der Waals surface area contributed by atoms with Crippen LogP contribution in [-0.4, -0.2) is 22.6 Å². The lowest BCUT2D eigenvalue weighted by Crippen LogP contribution is -2.27. The number of carbonyl (C=O) groups excluding carboxylic acids is 1. The maximum absolute atomic E-state index is 12.8. The molecule has 0 aliphatic rings. The van der Waals surface area contributed by atoms with Crippen LogP contribution in [0.25, 0.3) is 11.4 Å². The third kappa shape index (κ3) is 4.73. The van der Waals surface area contributed by atoms with Gasteiger partial charge in [-0.1, -0.05) is 47.1 Å². The second-order valence-electron chi connectivity index (χ2n) is 5.78. The van der Waals surface area contributed by atoms with Crippen molar-refractivity contribution in [2.75, 3.05) is 6.54 Å². The summed E-state index contributed by atoms with van der Waals surface area (Å²) in [6, 6.07) is 13.7. The molecule has 0 unspecified atom stereocenters. The normalized spacial score (nSPS) is 10.6. The van der Waals surface area contributed by atoms with E-state index in [9.17, 15) is 9.18 Å². The maximum Gasteiger partial charge on any atom is 0.228 e. The summed E-state index contributed by atoms with van der Waals surface area (Å²) in [5, 5.41) is 6.75. The van der Waals surface area contributed by atoms with E-state index in [2.05, 4.69) is 15.5 Å². The largest absolute Gasteiger partial charge is 0.355 e. The SMILES string of the molecule is Cc1ccc(-c2noc(CCNC(=O)Cc3ccc(F)cc3)n2)cc1. The molecule has 2 aromatic carbocycles. The Balaban J connectivity index is 1.48. The van der Waals surface area contributed by atoms with Gasteiger partial charge in [-0.15, -0.1) is 0 Å². The van der Waals surface area contributed by atoms with Gasteiger partial charge in [-0.25, -0.2) is 4.39 Å². The number of rotatable bonds is 6. The Kier molecular flexibility index (Phi) is 5.18. The minimum absolute atomic E-state index is 0.134. The monoisotopic (exact) mass is 339 g/mol. The minimum atomic E-state index is -0.315. The van der Waals surface area contributed by atoms with Crippen LogP contribution in [0.2, 0.25) is 0 Å². The number of aromatic nitrogens is 2. The molecule has 6 heteroatoms. The Morgan fingerprint density at radius 2 is 1.84 bits per heavy atom. The van der Waals surface area contributed by atoms with E-state index in [1.165, 1.54) is 12.1 Å². The number of benzene rings is 2. The molecule has 1 aromatic heterocycles. The van der Waals surface area contributed by atoms with Crippen LogP contribution in [0, 0.1) is 12.7 Å². The number of amides is 1. The molecule has 0 aliphatic heterocycles. The Hall–Kier alpha value is -3.02. The van der Waals surface area contributed by atoms with Crippen molar-refractivity contribution in [3.63, 3.8) is 0 Å². The first-order chi connectivity index (χ1) is 12.1. The van der Waals surface area contributed by atoms with Gasteiger partial charge in [-0.3, -0.25) is 4.79 Å². The van der Waals surface area contributed by atoms with Crippen molar-refractivity contribution in [1.82, 2.24) is 15.5 Å². The molecule has 0 fully saturated rings. The Labute approximate surface area is 144 Å². The Bertz CT molecular complexity index is 842. The van der Waals surface area contributed by atoms with Crippen molar-refractivity contribution in [2.45, 2.75) is 19.8 Å². The highest BCUT2D eigenvalue weighted by atomic mass is 19.1. The number of nitrogens with one attached hydrogen (secondary N) is 1. The molecule has 25 heavy (non-hydrogen) atoms. The summed E-state index contributed by atoms with van der Waals surface area (Å²) >= 11 is 0. The molecule has 5 nitrogen and oxygen atoms in total. The summed E-state index contributed by atoms with van der Waals surface area (Å²) in [5.41, 5.74) is 2.82. The summed E-state index contributed by atoms with van der Waals surface area (Å²) in [4.78, 5) is 16.2. The second-order valence-corrected chi connectivity index (χ2v) is 5.78. The van der Waals surface area contributed by atoms with Gasteiger partial charge in [-0.2, -0.15) is 4.98 Å². The number of hydrogen-bond donors (Lipinski definition) is 1. The molecule has 1 amide bonds. The molecule has 1 heterocycles. The molecule has 0 spiro atoms. The summed E-state index contributed by atoms with van der Waals surface area (Å²) in [6.07, 6.45) is 0.659. The quantitative estimate of drug-likeness (QED) is 0.749. The predicted octanol–water partition coefficient (Wildman–Crippen LogP) is 3.09. The molecule has 0 bridgehead atoms. The first-order valence-corrected chi connectivity index (χ1v) is 8.01. The van der Waals surface area contributed by atoms with Crippen molar-refractivity contribution in [3.8, 4) is 11.4 Å². The van der Waals surface area contributed by atoms with Crippen LogP contribution in [0.4, 0.5) is 4.39 Å². The van der Waals surface area contributed by atoms with Crippen LogP contribution < -0.4 is 5.32 Å². The maximum atomic E-state index is 12.8. The fourth-order valence-electron chi connectivity index (χ4n) is 2.34. The molecule has 128 valence electrons. The van der Waals surface area contributed by atoms with Gasteiger partial charge in [-0.05, 0) is 24.6 Å². The van der Waals surface area contributed by atoms with E-state index in [-0.39, 0.29) is 18.1 Å². The molecule has 3 aromatic rings. The topological polar surface area (TPSA) is 68.0 Å². The van der Waals surface area contributed by atoms with E-state index in [0.29, 0.717) is 24.7 Å². The average molecular weight is 339 g/mol. The molecule has 1 N–H and O–H groups in total. The fraction of sp³-hybridized carbons (Fsp3) is 0.211. The molecule has 0 aliphatic carbocycles. The molecule has 0 saturated carbocycles. The molecule has 3 rings (SSSR count). The summed E-state index contributed by atoms with van der Waals surface area (Å²) in [6.45, 7) is 2.41. The fourth-order valence-corrected chi connectivity index (χ4v) is 2.34. The van der Waals surface area contributed by atoms with Crippen LogP contribution in [0.5, 0.6) is 0 Å². The summed E-state index contributed by atoms with van der Waals surface area (Å²) in [7, 11) is 0. The van der Waals surface area contributed by atoms with Crippen molar-refractivity contribution < 1.29 is 13.7 Å². The van der Waals surface area contributed by atoms with Crippen molar-refractivity contribution in [1.29, 1.82) is 0 Å². The molecular formula is C19H18FN3O2. The number of hydrogen-bond acceptors (Lipinski definition) is 4. The second kappa shape index (κ2) is 7.70. The van der Waals surface area contributed by atoms with Crippen LogP contribution >= 0.6 is 0 Å². The van der Waals surface area contributed by atoms with E-state index in [1.54, 1.807) is 12.1 Å². The smallest absolute Gasteiger partial charge is 0.228 e. The number of halogens is 1. The Morgan fingerprint density at radius 1 is 1.12 bits per heavy atom.